The van der Waals surface area contributed by atoms with Crippen molar-refractivity contribution in [1.82, 2.24) is 5.32 Å². The molecular formula is C12H10Cl2N2O2. The van der Waals surface area contributed by atoms with Crippen molar-refractivity contribution in [2.75, 3.05) is 5.32 Å². The zero-order valence-corrected chi connectivity index (χ0v) is 10.8. The molecule has 2 aromatic rings. The Morgan fingerprint density at radius 2 is 1.83 bits per heavy atom. The Morgan fingerprint density at radius 3 is 2.44 bits per heavy atom. The minimum absolute atomic E-state index is 0.270. The minimum Gasteiger partial charge on any atom is -0.448 e. The first-order valence-electron chi connectivity index (χ1n) is 5.18. The molecule has 0 saturated carbocycles. The van der Waals surface area contributed by atoms with Gasteiger partial charge in [0.05, 0.1) is 6.54 Å². The van der Waals surface area contributed by atoms with Crippen molar-refractivity contribution in [2.45, 2.75) is 6.54 Å². The summed E-state index contributed by atoms with van der Waals surface area (Å²) in [6.45, 7) is 0.270. The van der Waals surface area contributed by atoms with E-state index in [4.69, 9.17) is 27.6 Å². The van der Waals surface area contributed by atoms with E-state index in [2.05, 4.69) is 10.6 Å². The summed E-state index contributed by atoms with van der Waals surface area (Å²) in [5.74, 6) is 0.589. The van der Waals surface area contributed by atoms with Gasteiger partial charge >= 0.3 is 6.03 Å². The van der Waals surface area contributed by atoms with Gasteiger partial charge in [-0.1, -0.05) is 11.6 Å². The van der Waals surface area contributed by atoms with Gasteiger partial charge in [-0.25, -0.2) is 4.79 Å². The lowest BCUT2D eigenvalue weighted by atomic mass is 10.3. The van der Waals surface area contributed by atoms with E-state index < -0.39 is 0 Å². The Labute approximate surface area is 114 Å². The monoisotopic (exact) mass is 284 g/mol. The van der Waals surface area contributed by atoms with Gasteiger partial charge in [-0.3, -0.25) is 0 Å². The van der Waals surface area contributed by atoms with Crippen LogP contribution in [0.1, 0.15) is 5.76 Å². The molecule has 0 aliphatic rings. The Balaban J connectivity index is 1.83. The predicted molar refractivity (Wildman–Crippen MR) is 71.0 cm³/mol. The van der Waals surface area contributed by atoms with Crippen LogP contribution in [0.4, 0.5) is 10.5 Å². The number of benzene rings is 1. The maximum absolute atomic E-state index is 11.5. The maximum Gasteiger partial charge on any atom is 0.319 e. The molecule has 94 valence electrons. The summed E-state index contributed by atoms with van der Waals surface area (Å²) in [5.41, 5.74) is 0.661. The molecule has 0 unspecified atom stereocenters. The first-order chi connectivity index (χ1) is 8.63. The van der Waals surface area contributed by atoms with Gasteiger partial charge in [-0.15, -0.1) is 0 Å². The molecule has 0 atom stereocenters. The topological polar surface area (TPSA) is 54.3 Å². The van der Waals surface area contributed by atoms with Gasteiger partial charge in [0.2, 0.25) is 0 Å². The number of halogens is 2. The number of carbonyl (C=O) groups excluding carboxylic acids is 1. The fraction of sp³-hybridized carbons (Fsp3) is 0.0833. The van der Waals surface area contributed by atoms with Crippen LogP contribution in [0.15, 0.2) is 40.8 Å². The second-order valence-corrected chi connectivity index (χ2v) is 4.33. The number of furan rings is 1. The Bertz CT molecular complexity index is 537. The number of hydrogen-bond donors (Lipinski definition) is 2. The van der Waals surface area contributed by atoms with Crippen molar-refractivity contribution in [2.24, 2.45) is 0 Å². The summed E-state index contributed by atoms with van der Waals surface area (Å²) in [4.78, 5) is 11.5. The van der Waals surface area contributed by atoms with E-state index in [0.717, 1.165) is 0 Å². The van der Waals surface area contributed by atoms with Crippen LogP contribution >= 0.6 is 23.2 Å². The molecule has 0 saturated heterocycles. The molecule has 0 aliphatic carbocycles. The highest BCUT2D eigenvalue weighted by Gasteiger charge is 2.04. The fourth-order valence-corrected chi connectivity index (χ4v) is 1.61. The van der Waals surface area contributed by atoms with E-state index in [1.165, 1.54) is 0 Å². The quantitative estimate of drug-likeness (QED) is 0.898. The Hall–Kier alpha value is -1.65. The third kappa shape index (κ3) is 3.68. The van der Waals surface area contributed by atoms with E-state index in [1.807, 2.05) is 0 Å². The summed E-state index contributed by atoms with van der Waals surface area (Å²) >= 11 is 11.4. The molecule has 1 heterocycles. The van der Waals surface area contributed by atoms with Gasteiger partial charge in [-0.2, -0.15) is 0 Å². The van der Waals surface area contributed by atoms with Crippen molar-refractivity contribution in [3.8, 4) is 0 Å². The first kappa shape index (κ1) is 12.8. The number of urea groups is 1. The second kappa shape index (κ2) is 5.80. The lowest BCUT2D eigenvalue weighted by Gasteiger charge is -2.06. The van der Waals surface area contributed by atoms with E-state index in [-0.39, 0.29) is 12.6 Å². The van der Waals surface area contributed by atoms with Crippen LogP contribution < -0.4 is 10.6 Å². The van der Waals surface area contributed by atoms with Gasteiger partial charge < -0.3 is 15.1 Å². The predicted octanol–water partition coefficient (Wildman–Crippen LogP) is 3.91. The van der Waals surface area contributed by atoms with Crippen LogP contribution in [-0.2, 0) is 6.54 Å². The van der Waals surface area contributed by atoms with Crippen molar-refractivity contribution in [3.63, 3.8) is 0 Å². The molecule has 0 spiro atoms. The number of nitrogens with one attached hydrogen (secondary N) is 2. The highest BCUT2D eigenvalue weighted by molar-refractivity contribution is 6.30. The Morgan fingerprint density at radius 1 is 1.11 bits per heavy atom. The summed E-state index contributed by atoms with van der Waals surface area (Å²) in [7, 11) is 0. The average molecular weight is 285 g/mol. The largest absolute Gasteiger partial charge is 0.448 e. The fourth-order valence-electron chi connectivity index (χ4n) is 1.32. The molecule has 0 bridgehead atoms. The average Bonchev–Trinajstić information content (AvgIpc) is 2.76. The zero-order valence-electron chi connectivity index (χ0n) is 9.24. The highest BCUT2D eigenvalue weighted by Crippen LogP contribution is 2.14. The number of anilines is 1. The molecule has 6 heteroatoms. The van der Waals surface area contributed by atoms with E-state index in [1.54, 1.807) is 36.4 Å². The van der Waals surface area contributed by atoms with Crippen LogP contribution in [0, 0.1) is 0 Å². The number of hydrogen-bond acceptors (Lipinski definition) is 2. The van der Waals surface area contributed by atoms with Gasteiger partial charge in [0.1, 0.15) is 5.76 Å². The number of amides is 2. The second-order valence-electron chi connectivity index (χ2n) is 3.52. The van der Waals surface area contributed by atoms with E-state index in [0.29, 0.717) is 21.7 Å². The van der Waals surface area contributed by atoms with Crippen LogP contribution in [0.25, 0.3) is 0 Å². The standard InChI is InChI=1S/C12H10Cl2N2O2/c13-8-1-3-9(4-2-8)16-12(17)15-7-10-5-6-11(14)18-10/h1-6H,7H2,(H2,15,16,17). The van der Waals surface area contributed by atoms with Crippen molar-refractivity contribution in [1.29, 1.82) is 0 Å². The molecule has 2 N–H and O–H groups in total. The van der Waals surface area contributed by atoms with Crippen molar-refractivity contribution < 1.29 is 9.21 Å². The SMILES string of the molecule is O=C(NCc1ccc(Cl)o1)Nc1ccc(Cl)cc1. The molecular weight excluding hydrogens is 275 g/mol. The normalized spacial score (nSPS) is 10.1. The number of carbonyl (C=O) groups is 1. The minimum atomic E-state index is -0.329. The molecule has 1 aromatic heterocycles. The molecule has 0 aliphatic heterocycles. The molecule has 2 amide bonds. The maximum atomic E-state index is 11.5. The molecule has 0 radical (unpaired) electrons. The van der Waals surface area contributed by atoms with E-state index in [9.17, 15) is 4.79 Å². The third-order valence-electron chi connectivity index (χ3n) is 2.15. The highest BCUT2D eigenvalue weighted by atomic mass is 35.5. The molecule has 2 rings (SSSR count). The van der Waals surface area contributed by atoms with Gasteiger partial charge in [0.15, 0.2) is 5.22 Å². The van der Waals surface area contributed by atoms with Crippen LogP contribution in [0.2, 0.25) is 10.2 Å². The van der Waals surface area contributed by atoms with E-state index >= 15 is 0 Å². The van der Waals surface area contributed by atoms with Gasteiger partial charge in [-0.05, 0) is 48.0 Å². The number of rotatable bonds is 3. The molecule has 4 nitrogen and oxygen atoms in total. The molecule has 1 aromatic carbocycles. The summed E-state index contributed by atoms with van der Waals surface area (Å²) < 4.78 is 5.11. The summed E-state index contributed by atoms with van der Waals surface area (Å²) in [5, 5.41) is 6.22. The van der Waals surface area contributed by atoms with Gasteiger partial charge in [0, 0.05) is 10.7 Å². The molecule has 18 heavy (non-hydrogen) atoms. The Kier molecular flexibility index (Phi) is 4.12. The van der Waals surface area contributed by atoms with Crippen LogP contribution in [0.5, 0.6) is 0 Å². The third-order valence-corrected chi connectivity index (χ3v) is 2.61. The van der Waals surface area contributed by atoms with Crippen LogP contribution in [-0.4, -0.2) is 6.03 Å². The lowest BCUT2D eigenvalue weighted by Crippen LogP contribution is -2.27. The zero-order chi connectivity index (χ0) is 13.0. The first-order valence-corrected chi connectivity index (χ1v) is 5.94. The molecule has 0 fully saturated rings. The van der Waals surface area contributed by atoms with Crippen molar-refractivity contribution in [3.05, 3.63) is 52.4 Å². The van der Waals surface area contributed by atoms with Crippen molar-refractivity contribution >= 4 is 34.9 Å². The summed E-state index contributed by atoms with van der Waals surface area (Å²) in [6, 6.07) is 9.81. The van der Waals surface area contributed by atoms with Gasteiger partial charge in [0.25, 0.3) is 0 Å². The smallest absolute Gasteiger partial charge is 0.319 e. The lowest BCUT2D eigenvalue weighted by molar-refractivity contribution is 0.251. The van der Waals surface area contributed by atoms with Crippen LogP contribution in [0.3, 0.4) is 0 Å². The summed E-state index contributed by atoms with van der Waals surface area (Å²) in [6.07, 6.45) is 0.